The average Bonchev–Trinajstić information content (AvgIpc) is 3.22. The number of hydrogen-bond donors (Lipinski definition) is 1. The van der Waals surface area contributed by atoms with Gasteiger partial charge in [-0.25, -0.2) is 4.79 Å². The van der Waals surface area contributed by atoms with Gasteiger partial charge >= 0.3 is 5.63 Å². The van der Waals surface area contributed by atoms with Crippen LogP contribution in [0.3, 0.4) is 0 Å². The summed E-state index contributed by atoms with van der Waals surface area (Å²) in [7, 11) is 0. The minimum atomic E-state index is -0.659. The quantitative estimate of drug-likeness (QED) is 0.370. The van der Waals surface area contributed by atoms with E-state index in [1.54, 1.807) is 4.57 Å². The van der Waals surface area contributed by atoms with Crippen molar-refractivity contribution in [3.63, 3.8) is 0 Å². The van der Waals surface area contributed by atoms with Crippen LogP contribution in [0.4, 0.5) is 0 Å². The molecule has 0 saturated carbocycles. The van der Waals surface area contributed by atoms with Gasteiger partial charge in [0.15, 0.2) is 11.3 Å². The van der Waals surface area contributed by atoms with Crippen molar-refractivity contribution in [2.24, 2.45) is 0 Å². The Morgan fingerprint density at radius 2 is 1.73 bits per heavy atom. The maximum atomic E-state index is 13.8. The Kier molecular flexibility index (Phi) is 4.45. The third-order valence-corrected chi connectivity index (χ3v) is 7.32. The van der Waals surface area contributed by atoms with Gasteiger partial charge < -0.3 is 9.52 Å². The third-order valence-electron chi connectivity index (χ3n) is 6.25. The van der Waals surface area contributed by atoms with E-state index in [-0.39, 0.29) is 33.2 Å². The van der Waals surface area contributed by atoms with E-state index in [4.69, 9.17) is 4.42 Å². The van der Waals surface area contributed by atoms with Crippen LogP contribution >= 0.6 is 11.8 Å². The molecule has 6 rings (SSSR count). The van der Waals surface area contributed by atoms with E-state index in [1.165, 1.54) is 0 Å². The molecule has 0 amide bonds. The van der Waals surface area contributed by atoms with E-state index in [0.717, 1.165) is 38.9 Å². The Hall–Kier alpha value is -3.77. The zero-order valence-corrected chi connectivity index (χ0v) is 18.6. The van der Waals surface area contributed by atoms with Crippen LogP contribution in [-0.2, 0) is 6.42 Å². The molecule has 2 aromatic heterocycles. The van der Waals surface area contributed by atoms with Crippen LogP contribution in [-0.4, -0.2) is 9.67 Å². The van der Waals surface area contributed by atoms with E-state index in [0.29, 0.717) is 11.8 Å². The van der Waals surface area contributed by atoms with Gasteiger partial charge in [0.1, 0.15) is 10.3 Å². The fraction of sp³-hybridized carbons (Fsp3) is 0.111. The largest absolute Gasteiger partial charge is 0.505 e. The van der Waals surface area contributed by atoms with Crippen LogP contribution < -0.4 is 11.2 Å². The number of hydrogen-bond acceptors (Lipinski definition) is 5. The molecule has 6 heteroatoms. The molecule has 1 aliphatic heterocycles. The molecule has 0 spiro atoms. The Morgan fingerprint density at radius 3 is 2.48 bits per heavy atom. The second-order valence-electron chi connectivity index (χ2n) is 8.31. The summed E-state index contributed by atoms with van der Waals surface area (Å²) in [6.45, 7) is 1.97. The molecular weight excluding hydrogens is 434 g/mol. The van der Waals surface area contributed by atoms with Crippen LogP contribution in [0.15, 0.2) is 96.6 Å². The van der Waals surface area contributed by atoms with E-state index >= 15 is 0 Å². The monoisotopic (exact) mass is 453 g/mol. The summed E-state index contributed by atoms with van der Waals surface area (Å²) in [4.78, 5) is 27.5. The van der Waals surface area contributed by atoms with Gasteiger partial charge in [-0.15, -0.1) is 0 Å². The highest BCUT2D eigenvalue weighted by Gasteiger charge is 2.31. The predicted molar refractivity (Wildman–Crippen MR) is 130 cm³/mol. The van der Waals surface area contributed by atoms with Gasteiger partial charge in [-0.3, -0.25) is 9.36 Å². The van der Waals surface area contributed by atoms with Crippen molar-refractivity contribution in [2.75, 3.05) is 0 Å². The standard InChI is InChI=1S/C27H19NO4S/c1-15-10-12-18(13-11-15)33-25-23(29)21-24(32-27(25)31)19-9-5-8-17-14-20(16-6-3-2-4-7-16)28(22(17)19)26(21)30/h2-13,20,29H,14H2,1H3. The van der Waals surface area contributed by atoms with E-state index in [9.17, 15) is 14.7 Å². The van der Waals surface area contributed by atoms with Crippen LogP contribution in [0.2, 0.25) is 0 Å². The van der Waals surface area contributed by atoms with Gasteiger partial charge in [-0.2, -0.15) is 0 Å². The predicted octanol–water partition coefficient (Wildman–Crippen LogP) is 5.42. The molecule has 0 fully saturated rings. The van der Waals surface area contributed by atoms with Crippen molar-refractivity contribution in [2.45, 2.75) is 29.2 Å². The lowest BCUT2D eigenvalue weighted by Crippen LogP contribution is -2.24. The van der Waals surface area contributed by atoms with Crippen molar-refractivity contribution in [3.8, 4) is 5.75 Å². The molecule has 5 aromatic rings. The molecule has 0 aliphatic carbocycles. The zero-order chi connectivity index (χ0) is 22.7. The third kappa shape index (κ3) is 3.02. The minimum Gasteiger partial charge on any atom is -0.505 e. The highest BCUT2D eigenvalue weighted by atomic mass is 32.2. The number of nitrogens with zero attached hydrogens (tertiary/aromatic N) is 1. The highest BCUT2D eigenvalue weighted by molar-refractivity contribution is 7.99. The number of para-hydroxylation sites is 1. The molecule has 0 saturated heterocycles. The van der Waals surface area contributed by atoms with Crippen molar-refractivity contribution >= 4 is 33.6 Å². The Bertz CT molecular complexity index is 1670. The van der Waals surface area contributed by atoms with E-state index in [1.807, 2.05) is 79.7 Å². The molecular formula is C27H19NO4S. The first-order chi connectivity index (χ1) is 16.0. The van der Waals surface area contributed by atoms with Gasteiger partial charge in [0.05, 0.1) is 11.6 Å². The molecule has 0 radical (unpaired) electrons. The van der Waals surface area contributed by atoms with Crippen molar-refractivity contribution in [1.29, 1.82) is 0 Å². The fourth-order valence-corrected chi connectivity index (χ4v) is 5.53. The Balaban J connectivity index is 1.65. The van der Waals surface area contributed by atoms with E-state index < -0.39 is 5.63 Å². The summed E-state index contributed by atoms with van der Waals surface area (Å²) in [5.41, 5.74) is 2.99. The molecule has 3 heterocycles. The smallest absolute Gasteiger partial charge is 0.354 e. The summed E-state index contributed by atoms with van der Waals surface area (Å²) in [6.07, 6.45) is 0.656. The number of fused-ring (bicyclic) bond motifs is 2. The number of aromatic nitrogens is 1. The molecule has 162 valence electrons. The first-order valence-electron chi connectivity index (χ1n) is 10.7. The molecule has 1 N–H and O–H groups in total. The number of pyridine rings is 1. The summed E-state index contributed by atoms with van der Waals surface area (Å²) in [6, 6.07) is 23.0. The second-order valence-corrected chi connectivity index (χ2v) is 9.39. The first kappa shape index (κ1) is 19.9. The van der Waals surface area contributed by atoms with Crippen LogP contribution in [0, 0.1) is 6.92 Å². The van der Waals surface area contributed by atoms with Crippen molar-refractivity contribution in [3.05, 3.63) is 110 Å². The maximum Gasteiger partial charge on any atom is 0.354 e. The summed E-state index contributed by atoms with van der Waals surface area (Å²) < 4.78 is 7.43. The number of aromatic hydroxyl groups is 1. The van der Waals surface area contributed by atoms with Gasteiger partial charge in [-0.1, -0.05) is 71.9 Å². The highest BCUT2D eigenvalue weighted by Crippen LogP contribution is 2.41. The molecule has 33 heavy (non-hydrogen) atoms. The topological polar surface area (TPSA) is 72.4 Å². The lowest BCUT2D eigenvalue weighted by Gasteiger charge is -2.16. The second kappa shape index (κ2) is 7.39. The Morgan fingerprint density at radius 1 is 0.970 bits per heavy atom. The Labute approximate surface area is 192 Å². The van der Waals surface area contributed by atoms with Gasteiger partial charge in [0.25, 0.3) is 5.56 Å². The lowest BCUT2D eigenvalue weighted by atomic mass is 10.0. The molecule has 0 bridgehead atoms. The van der Waals surface area contributed by atoms with Crippen LogP contribution in [0.25, 0.3) is 21.9 Å². The number of benzene rings is 3. The molecule has 1 atom stereocenters. The SMILES string of the molecule is Cc1ccc(Sc2c(O)c3c(=O)n4c5c(cccc5c3oc2=O)CC4c2ccccc2)cc1. The van der Waals surface area contributed by atoms with Crippen molar-refractivity contribution < 1.29 is 9.52 Å². The minimum absolute atomic E-state index is 0.0148. The van der Waals surface area contributed by atoms with Crippen LogP contribution in [0.5, 0.6) is 5.75 Å². The van der Waals surface area contributed by atoms with E-state index in [2.05, 4.69) is 0 Å². The number of aryl methyl sites for hydroxylation is 1. The van der Waals surface area contributed by atoms with Gasteiger partial charge in [-0.05, 0) is 42.7 Å². The number of rotatable bonds is 3. The van der Waals surface area contributed by atoms with Crippen LogP contribution in [0.1, 0.15) is 22.7 Å². The summed E-state index contributed by atoms with van der Waals surface area (Å²) in [5.74, 6) is -0.327. The fourth-order valence-electron chi connectivity index (χ4n) is 4.69. The van der Waals surface area contributed by atoms with Gasteiger partial charge in [0, 0.05) is 10.3 Å². The molecule has 1 unspecified atom stereocenters. The summed E-state index contributed by atoms with van der Waals surface area (Å²) in [5, 5.41) is 11.9. The molecule has 3 aromatic carbocycles. The lowest BCUT2D eigenvalue weighted by molar-refractivity contribution is 0.446. The summed E-state index contributed by atoms with van der Waals surface area (Å²) >= 11 is 1.10. The average molecular weight is 454 g/mol. The molecule has 5 nitrogen and oxygen atoms in total. The van der Waals surface area contributed by atoms with Gasteiger partial charge in [0.2, 0.25) is 0 Å². The molecule has 1 aliphatic rings. The normalized spacial score (nSPS) is 14.9. The maximum absolute atomic E-state index is 13.8. The first-order valence-corrected chi connectivity index (χ1v) is 11.5. The van der Waals surface area contributed by atoms with Crippen molar-refractivity contribution in [1.82, 2.24) is 4.57 Å². The zero-order valence-electron chi connectivity index (χ0n) is 17.7.